The molecule has 1 aliphatic carbocycles. The molecule has 0 bridgehead atoms. The van der Waals surface area contributed by atoms with Gasteiger partial charge in [0.25, 0.3) is 0 Å². The molecule has 0 aromatic heterocycles. The fraction of sp³-hybridized carbons (Fsp3) is 1.00. The van der Waals surface area contributed by atoms with Gasteiger partial charge in [-0.05, 0) is 18.8 Å². The maximum absolute atomic E-state index is 8.48. The third kappa shape index (κ3) is 0.763. The minimum Gasteiger partial charge on any atom is -0.396 e. The first-order valence-corrected chi connectivity index (χ1v) is 2.71. The van der Waals surface area contributed by atoms with Gasteiger partial charge in [0.15, 0.2) is 0 Å². The first-order valence-electron chi connectivity index (χ1n) is 2.71. The highest BCUT2D eigenvalue weighted by Gasteiger charge is 2.25. The monoisotopic (exact) mass is 101 g/mol. The molecule has 1 fully saturated rings. The third-order valence-electron chi connectivity index (χ3n) is 1.71. The Bertz CT molecular complexity index is 63.1. The van der Waals surface area contributed by atoms with E-state index in [2.05, 4.69) is 0 Å². The van der Waals surface area contributed by atoms with Crippen molar-refractivity contribution in [1.29, 1.82) is 0 Å². The molecule has 3 N–H and O–H groups in total. The zero-order valence-electron chi connectivity index (χ0n) is 4.30. The van der Waals surface area contributed by atoms with Gasteiger partial charge in [-0.15, -0.1) is 0 Å². The van der Waals surface area contributed by atoms with Crippen molar-refractivity contribution >= 4 is 0 Å². The highest BCUT2D eigenvalue weighted by Crippen LogP contribution is 2.23. The molecule has 0 amide bonds. The Morgan fingerprint density at radius 1 is 1.57 bits per heavy atom. The lowest BCUT2D eigenvalue weighted by Crippen LogP contribution is -2.41. The van der Waals surface area contributed by atoms with Gasteiger partial charge in [0, 0.05) is 12.6 Å². The van der Waals surface area contributed by atoms with Crippen molar-refractivity contribution in [1.82, 2.24) is 0 Å². The topological polar surface area (TPSA) is 46.2 Å². The molecule has 2 atom stereocenters. The number of aliphatic hydroxyl groups excluding tert-OH is 1. The van der Waals surface area contributed by atoms with Crippen molar-refractivity contribution in [3.63, 3.8) is 0 Å². The molecule has 0 heterocycles. The van der Waals surface area contributed by atoms with E-state index >= 15 is 0 Å². The fourth-order valence-electron chi connectivity index (χ4n) is 0.821. The van der Waals surface area contributed by atoms with Gasteiger partial charge < -0.3 is 10.8 Å². The minimum atomic E-state index is 0.279. The van der Waals surface area contributed by atoms with Crippen molar-refractivity contribution in [3.05, 3.63) is 0 Å². The van der Waals surface area contributed by atoms with Gasteiger partial charge in [-0.25, -0.2) is 0 Å². The first-order chi connectivity index (χ1) is 3.34. The molecular formula is C5H11NO. The largest absolute Gasteiger partial charge is 0.396 e. The summed E-state index contributed by atoms with van der Waals surface area (Å²) in [6.45, 7) is 0.279. The molecule has 1 unspecified atom stereocenters. The summed E-state index contributed by atoms with van der Waals surface area (Å²) in [5.74, 6) is 0.417. The lowest BCUT2D eigenvalue weighted by molar-refractivity contribution is 0.138. The Hall–Kier alpha value is -0.0800. The normalized spacial score (nSPS) is 40.3. The second-order valence-electron chi connectivity index (χ2n) is 2.18. The van der Waals surface area contributed by atoms with Gasteiger partial charge in [0.05, 0.1) is 0 Å². The number of rotatable bonds is 1. The van der Waals surface area contributed by atoms with Gasteiger partial charge >= 0.3 is 0 Å². The first kappa shape index (κ1) is 5.06. The molecule has 7 heavy (non-hydrogen) atoms. The van der Waals surface area contributed by atoms with Crippen LogP contribution in [0.4, 0.5) is 0 Å². The van der Waals surface area contributed by atoms with Gasteiger partial charge in [0.1, 0.15) is 0 Å². The number of aliphatic hydroxyl groups is 1. The average molecular weight is 101 g/mol. The lowest BCUT2D eigenvalue weighted by atomic mass is 9.81. The fourth-order valence-corrected chi connectivity index (χ4v) is 0.821. The van der Waals surface area contributed by atoms with Crippen molar-refractivity contribution in [2.75, 3.05) is 6.61 Å². The molecule has 42 valence electrons. The van der Waals surface area contributed by atoms with E-state index in [0.717, 1.165) is 12.8 Å². The van der Waals surface area contributed by atoms with E-state index in [1.165, 1.54) is 0 Å². The average Bonchev–Trinajstić information content (AvgIpc) is 1.65. The Balaban J connectivity index is 2.16. The Morgan fingerprint density at radius 3 is 2.29 bits per heavy atom. The molecule has 0 spiro atoms. The van der Waals surface area contributed by atoms with Crippen LogP contribution in [-0.2, 0) is 0 Å². The van der Waals surface area contributed by atoms with E-state index < -0.39 is 0 Å². The van der Waals surface area contributed by atoms with Crippen molar-refractivity contribution in [3.8, 4) is 0 Å². The van der Waals surface area contributed by atoms with Crippen LogP contribution in [0.25, 0.3) is 0 Å². The van der Waals surface area contributed by atoms with E-state index in [1.54, 1.807) is 0 Å². The Kier molecular flexibility index (Phi) is 1.30. The van der Waals surface area contributed by atoms with Crippen LogP contribution in [-0.4, -0.2) is 17.8 Å². The second kappa shape index (κ2) is 1.80. The molecule has 0 aromatic carbocycles. The van der Waals surface area contributed by atoms with Crippen LogP contribution in [0.15, 0.2) is 0 Å². The molecule has 0 saturated heterocycles. The highest BCUT2D eigenvalue weighted by molar-refractivity contribution is 4.82. The summed E-state index contributed by atoms with van der Waals surface area (Å²) in [5.41, 5.74) is 5.47. The minimum absolute atomic E-state index is 0.279. The van der Waals surface area contributed by atoms with Crippen molar-refractivity contribution in [2.24, 2.45) is 11.7 Å². The summed E-state index contributed by atoms with van der Waals surface area (Å²) in [5, 5.41) is 8.48. The summed E-state index contributed by atoms with van der Waals surface area (Å²) in [7, 11) is 0. The molecule has 2 nitrogen and oxygen atoms in total. The molecule has 1 saturated carbocycles. The summed E-state index contributed by atoms with van der Waals surface area (Å²) in [4.78, 5) is 0. The van der Waals surface area contributed by atoms with Crippen LogP contribution in [0.3, 0.4) is 0 Å². The van der Waals surface area contributed by atoms with Gasteiger partial charge in [0.2, 0.25) is 0 Å². The zero-order valence-corrected chi connectivity index (χ0v) is 4.30. The quantitative estimate of drug-likeness (QED) is 0.477. The SMILES string of the molecule is NC1CC[C@H]1CO. The molecule has 1 aliphatic rings. The van der Waals surface area contributed by atoms with Crippen LogP contribution >= 0.6 is 0 Å². The number of hydrogen-bond acceptors (Lipinski definition) is 2. The smallest absolute Gasteiger partial charge is 0.0474 e. The molecule has 1 rings (SSSR count). The summed E-state index contributed by atoms with van der Waals surface area (Å²) >= 11 is 0. The second-order valence-corrected chi connectivity index (χ2v) is 2.18. The van der Waals surface area contributed by atoms with Crippen LogP contribution in [0.1, 0.15) is 12.8 Å². The predicted octanol–water partition coefficient (Wildman–Crippen LogP) is -0.284. The maximum atomic E-state index is 8.48. The van der Waals surface area contributed by atoms with Crippen molar-refractivity contribution in [2.45, 2.75) is 18.9 Å². The van der Waals surface area contributed by atoms with E-state index in [0.29, 0.717) is 12.0 Å². The molecule has 0 aromatic rings. The maximum Gasteiger partial charge on any atom is 0.0474 e. The molecule has 0 radical (unpaired) electrons. The summed E-state index contributed by atoms with van der Waals surface area (Å²) < 4.78 is 0. The van der Waals surface area contributed by atoms with Gasteiger partial charge in [-0.1, -0.05) is 0 Å². The van der Waals surface area contributed by atoms with E-state index in [1.807, 2.05) is 0 Å². The zero-order chi connectivity index (χ0) is 5.28. The van der Waals surface area contributed by atoms with Crippen molar-refractivity contribution < 1.29 is 5.11 Å². The highest BCUT2D eigenvalue weighted by atomic mass is 16.3. The van der Waals surface area contributed by atoms with Gasteiger partial charge in [-0.3, -0.25) is 0 Å². The van der Waals surface area contributed by atoms with E-state index in [9.17, 15) is 0 Å². The molecule has 0 aliphatic heterocycles. The summed E-state index contributed by atoms with van der Waals surface area (Å²) in [6, 6.07) is 0.296. The standard InChI is InChI=1S/C5H11NO/c6-5-2-1-4(5)3-7/h4-5,7H,1-3,6H2/t4-,5?/m0/s1. The molecule has 2 heteroatoms. The molecular weight excluding hydrogens is 90.1 g/mol. The number of nitrogens with two attached hydrogens (primary N) is 1. The van der Waals surface area contributed by atoms with Crippen LogP contribution in [0.5, 0.6) is 0 Å². The third-order valence-corrected chi connectivity index (χ3v) is 1.71. The van der Waals surface area contributed by atoms with E-state index in [-0.39, 0.29) is 6.61 Å². The Labute approximate surface area is 43.3 Å². The predicted molar refractivity (Wildman–Crippen MR) is 27.8 cm³/mol. The Morgan fingerprint density at radius 2 is 2.29 bits per heavy atom. The summed E-state index contributed by atoms with van der Waals surface area (Å²) in [6.07, 6.45) is 2.23. The lowest BCUT2D eigenvalue weighted by Gasteiger charge is -2.31. The van der Waals surface area contributed by atoms with Crippen LogP contribution < -0.4 is 5.73 Å². The van der Waals surface area contributed by atoms with Gasteiger partial charge in [-0.2, -0.15) is 0 Å². The van der Waals surface area contributed by atoms with E-state index in [4.69, 9.17) is 10.8 Å². The van der Waals surface area contributed by atoms with Crippen LogP contribution in [0, 0.1) is 5.92 Å². The number of hydrogen-bond donors (Lipinski definition) is 2. The van der Waals surface area contributed by atoms with Crippen LogP contribution in [0.2, 0.25) is 0 Å².